The first-order valence-corrected chi connectivity index (χ1v) is 10.6. The van der Waals surface area contributed by atoms with Crippen LogP contribution in [0, 0.1) is 0 Å². The fraction of sp³-hybridized carbons (Fsp3) is 0.0833. The molecule has 0 aliphatic rings. The Morgan fingerprint density at radius 2 is 1.17 bits per heavy atom. The molecule has 0 heterocycles. The maximum atomic E-state index is 13.0. The lowest BCUT2D eigenvalue weighted by atomic mass is 10.1. The van der Waals surface area contributed by atoms with Crippen molar-refractivity contribution < 1.29 is 35.9 Å². The Labute approximate surface area is 210 Å². The van der Waals surface area contributed by atoms with E-state index in [9.17, 15) is 35.9 Å². The third kappa shape index (κ3) is 7.02. The molecule has 36 heavy (non-hydrogen) atoms. The summed E-state index contributed by atoms with van der Waals surface area (Å²) in [5.74, 6) is -2.29. The molecule has 4 nitrogen and oxygen atoms in total. The van der Waals surface area contributed by atoms with Gasteiger partial charge in [0.15, 0.2) is 0 Å². The third-order valence-corrected chi connectivity index (χ3v) is 5.22. The Balaban J connectivity index is 1.98. The second kappa shape index (κ2) is 10.6. The van der Waals surface area contributed by atoms with Gasteiger partial charge in [-0.2, -0.15) is 26.3 Å². The second-order valence-electron chi connectivity index (χ2n) is 7.29. The van der Waals surface area contributed by atoms with Crippen LogP contribution in [0.2, 0.25) is 10.0 Å². The van der Waals surface area contributed by atoms with Gasteiger partial charge in [0, 0.05) is 21.4 Å². The minimum atomic E-state index is -4.69. The van der Waals surface area contributed by atoms with Crippen LogP contribution in [0.1, 0.15) is 16.7 Å². The molecule has 2 amide bonds. The van der Waals surface area contributed by atoms with E-state index in [0.717, 1.165) is 30.3 Å². The molecule has 0 aliphatic heterocycles. The molecule has 3 rings (SSSR count). The number of carbonyl (C=O) groups is 2. The number of hydrogen-bond donors (Lipinski definition) is 2. The molecular weight excluding hydrogens is 533 g/mol. The van der Waals surface area contributed by atoms with Crippen LogP contribution < -0.4 is 10.6 Å². The molecule has 188 valence electrons. The fourth-order valence-electron chi connectivity index (χ4n) is 2.96. The minimum Gasteiger partial charge on any atom is -0.322 e. The number of rotatable bonds is 5. The van der Waals surface area contributed by atoms with Gasteiger partial charge in [-0.3, -0.25) is 9.59 Å². The van der Waals surface area contributed by atoms with Crippen LogP contribution in [0.5, 0.6) is 0 Å². The molecule has 0 radical (unpaired) electrons. The fourth-order valence-corrected chi connectivity index (χ4v) is 3.31. The van der Waals surface area contributed by atoms with Crippen molar-refractivity contribution >= 4 is 52.5 Å². The van der Waals surface area contributed by atoms with Gasteiger partial charge in [0.05, 0.1) is 11.1 Å². The van der Waals surface area contributed by atoms with Crippen molar-refractivity contribution in [1.29, 1.82) is 0 Å². The molecule has 2 N–H and O–H groups in total. The van der Waals surface area contributed by atoms with Crippen molar-refractivity contribution in [3.63, 3.8) is 0 Å². The maximum absolute atomic E-state index is 13.0. The monoisotopic (exact) mass is 546 g/mol. The van der Waals surface area contributed by atoms with E-state index in [4.69, 9.17) is 23.2 Å². The number of carbonyl (C=O) groups excluding carboxylic acids is 2. The van der Waals surface area contributed by atoms with Crippen LogP contribution in [-0.4, -0.2) is 11.8 Å². The molecule has 0 unspecified atom stereocenters. The molecular formula is C24H14Cl2F6N2O2. The van der Waals surface area contributed by atoms with E-state index in [1.54, 1.807) is 0 Å². The average Bonchev–Trinajstić information content (AvgIpc) is 2.78. The smallest absolute Gasteiger partial charge is 0.322 e. The van der Waals surface area contributed by atoms with E-state index in [0.29, 0.717) is 12.1 Å². The van der Waals surface area contributed by atoms with Crippen molar-refractivity contribution in [2.75, 3.05) is 10.6 Å². The van der Waals surface area contributed by atoms with Gasteiger partial charge < -0.3 is 10.6 Å². The van der Waals surface area contributed by atoms with Crippen LogP contribution >= 0.6 is 23.2 Å². The Morgan fingerprint density at radius 3 is 1.61 bits per heavy atom. The molecule has 0 atom stereocenters. The molecule has 0 saturated heterocycles. The van der Waals surface area contributed by atoms with E-state index in [-0.39, 0.29) is 27.0 Å². The summed E-state index contributed by atoms with van der Waals surface area (Å²) < 4.78 is 78.2. The summed E-state index contributed by atoms with van der Waals surface area (Å²) in [5.41, 5.74) is -3.18. The lowest BCUT2D eigenvalue weighted by Gasteiger charge is -2.13. The summed E-state index contributed by atoms with van der Waals surface area (Å²) >= 11 is 12.0. The van der Waals surface area contributed by atoms with Gasteiger partial charge in [-0.1, -0.05) is 35.3 Å². The highest BCUT2D eigenvalue weighted by molar-refractivity contribution is 6.35. The lowest BCUT2D eigenvalue weighted by Crippen LogP contribution is -2.25. The minimum absolute atomic E-state index is 0.0793. The number of benzene rings is 3. The molecule has 0 aromatic heterocycles. The van der Waals surface area contributed by atoms with E-state index in [1.165, 1.54) is 30.3 Å². The number of halogens is 8. The van der Waals surface area contributed by atoms with Crippen molar-refractivity contribution in [3.05, 3.63) is 99.0 Å². The molecule has 12 heteroatoms. The number of nitrogens with one attached hydrogen (secondary N) is 2. The quantitative estimate of drug-likeness (QED) is 0.149. The number of hydrogen-bond acceptors (Lipinski definition) is 2. The summed E-state index contributed by atoms with van der Waals surface area (Å²) in [6, 6.07) is 11.5. The Hall–Kier alpha value is -3.50. The summed E-state index contributed by atoms with van der Waals surface area (Å²) in [5, 5.41) is 4.65. The highest BCUT2D eigenvalue weighted by atomic mass is 35.5. The van der Waals surface area contributed by atoms with Gasteiger partial charge in [-0.25, -0.2) is 0 Å². The summed E-state index contributed by atoms with van der Waals surface area (Å²) in [7, 11) is 0. The second-order valence-corrected chi connectivity index (χ2v) is 8.13. The van der Waals surface area contributed by atoms with E-state index < -0.39 is 40.9 Å². The average molecular weight is 547 g/mol. The van der Waals surface area contributed by atoms with Crippen LogP contribution in [0.25, 0.3) is 6.08 Å². The normalized spacial score (nSPS) is 11.6. The Kier molecular flexibility index (Phi) is 8.00. The Bertz CT molecular complexity index is 1260. The zero-order chi connectivity index (χ0) is 26.7. The maximum Gasteiger partial charge on any atom is 0.416 e. The van der Waals surface area contributed by atoms with Crippen molar-refractivity contribution in [2.24, 2.45) is 0 Å². The summed E-state index contributed by atoms with van der Waals surface area (Å²) in [6.45, 7) is 0. The highest BCUT2D eigenvalue weighted by Crippen LogP contribution is 2.32. The zero-order valence-electron chi connectivity index (χ0n) is 17.8. The highest BCUT2D eigenvalue weighted by Gasteiger charge is 2.32. The third-order valence-electron chi connectivity index (χ3n) is 4.64. The molecule has 0 aliphatic carbocycles. The number of alkyl halides is 6. The van der Waals surface area contributed by atoms with Gasteiger partial charge in [-0.05, 0) is 66.2 Å². The SMILES string of the molecule is O=C(Nc1cccc(C(F)(F)F)c1)C(=Cc1cc(Cl)ccc1Cl)C(=O)Nc1cccc(C(F)(F)F)c1. The van der Waals surface area contributed by atoms with E-state index in [1.807, 2.05) is 0 Å². The van der Waals surface area contributed by atoms with Gasteiger partial charge in [0.25, 0.3) is 11.8 Å². The van der Waals surface area contributed by atoms with Gasteiger partial charge in [0.1, 0.15) is 5.57 Å². The first-order chi connectivity index (χ1) is 16.7. The summed E-state index contributed by atoms with van der Waals surface area (Å²) in [4.78, 5) is 25.9. The first kappa shape index (κ1) is 27.1. The van der Waals surface area contributed by atoms with Crippen LogP contribution in [0.4, 0.5) is 37.7 Å². The molecule has 0 fully saturated rings. The van der Waals surface area contributed by atoms with Crippen LogP contribution in [0.3, 0.4) is 0 Å². The largest absolute Gasteiger partial charge is 0.416 e. The predicted molar refractivity (Wildman–Crippen MR) is 125 cm³/mol. The van der Waals surface area contributed by atoms with Gasteiger partial charge >= 0.3 is 12.4 Å². The molecule has 3 aromatic rings. The van der Waals surface area contributed by atoms with Crippen LogP contribution in [0.15, 0.2) is 72.3 Å². The Morgan fingerprint density at radius 1 is 0.694 bits per heavy atom. The predicted octanol–water partition coefficient (Wildman–Crippen LogP) is 7.69. The topological polar surface area (TPSA) is 58.2 Å². The molecule has 0 spiro atoms. The first-order valence-electron chi connectivity index (χ1n) is 9.88. The number of amides is 2. The standard InChI is InChI=1S/C24H14Cl2F6N2O2/c25-16-7-8-20(26)13(9-16)10-19(21(35)33-17-5-1-3-14(11-17)23(27,28)29)22(36)34-18-6-2-4-15(12-18)24(30,31)32/h1-12H,(H,33,35)(H,34,36). The van der Waals surface area contributed by atoms with Crippen molar-refractivity contribution in [3.8, 4) is 0 Å². The summed E-state index contributed by atoms with van der Waals surface area (Å²) in [6.07, 6.45) is -8.36. The van der Waals surface area contributed by atoms with E-state index >= 15 is 0 Å². The molecule has 0 saturated carbocycles. The van der Waals surface area contributed by atoms with E-state index in [2.05, 4.69) is 10.6 Å². The van der Waals surface area contributed by atoms with Gasteiger partial charge in [0.2, 0.25) is 0 Å². The molecule has 3 aromatic carbocycles. The van der Waals surface area contributed by atoms with Crippen molar-refractivity contribution in [1.82, 2.24) is 0 Å². The zero-order valence-corrected chi connectivity index (χ0v) is 19.3. The van der Waals surface area contributed by atoms with Crippen molar-refractivity contribution in [2.45, 2.75) is 12.4 Å². The lowest BCUT2D eigenvalue weighted by molar-refractivity contribution is -0.138. The molecule has 0 bridgehead atoms. The number of anilines is 2. The van der Waals surface area contributed by atoms with Gasteiger partial charge in [-0.15, -0.1) is 0 Å². The van der Waals surface area contributed by atoms with Crippen LogP contribution in [-0.2, 0) is 21.9 Å².